The first kappa shape index (κ1) is 39.2. The topological polar surface area (TPSA) is 127 Å². The molecule has 10 nitrogen and oxygen atoms in total. The zero-order valence-electron chi connectivity index (χ0n) is 18.9. The van der Waals surface area contributed by atoms with Gasteiger partial charge in [0.25, 0.3) is 0 Å². The van der Waals surface area contributed by atoms with E-state index in [1.165, 1.54) is 0 Å². The van der Waals surface area contributed by atoms with E-state index in [0.29, 0.717) is 7.11 Å². The highest BCUT2D eigenvalue weighted by Crippen LogP contribution is 2.23. The molecule has 0 spiro atoms. The monoisotopic (exact) mass is 638 g/mol. The van der Waals surface area contributed by atoms with Crippen molar-refractivity contribution in [3.8, 4) is 0 Å². The first-order valence-electron chi connectivity index (χ1n) is 8.83. The summed E-state index contributed by atoms with van der Waals surface area (Å²) in [6.07, 6.45) is 11.7. The largest absolute Gasteiger partial charge is 0.741 e. The van der Waals surface area contributed by atoms with E-state index in [0.717, 1.165) is 13.1 Å². The van der Waals surface area contributed by atoms with Gasteiger partial charge in [0, 0.05) is 18.9 Å². The second-order valence-corrected chi connectivity index (χ2v) is 10.6. The lowest BCUT2D eigenvalue weighted by Gasteiger charge is -2.08. The molecule has 2 heterocycles. The van der Waals surface area contributed by atoms with Crippen molar-refractivity contribution >= 4 is 55.0 Å². The quantitative estimate of drug-likeness (QED) is 0.125. The number of aromatic nitrogens is 4. The average molecular weight is 640 g/mol. The Hall–Kier alpha value is -1.31. The molecule has 0 atom stereocenters. The van der Waals surface area contributed by atoms with Gasteiger partial charge in [-0.15, -0.1) is 0 Å². The third-order valence-electron chi connectivity index (χ3n) is 2.90. The van der Waals surface area contributed by atoms with Crippen LogP contribution < -0.4 is 4.57 Å². The van der Waals surface area contributed by atoms with Gasteiger partial charge in [-0.25, -0.2) is 22.5 Å². The van der Waals surface area contributed by atoms with Crippen molar-refractivity contribution in [2.24, 2.45) is 7.05 Å². The summed E-state index contributed by atoms with van der Waals surface area (Å²) in [5.41, 5.74) is -10.9. The summed E-state index contributed by atoms with van der Waals surface area (Å²) in [6, 6.07) is 0. The van der Waals surface area contributed by atoms with Crippen molar-refractivity contribution in [1.82, 2.24) is 14.1 Å². The van der Waals surface area contributed by atoms with Gasteiger partial charge in [0.05, 0.1) is 27.0 Å². The van der Waals surface area contributed by atoms with Gasteiger partial charge >= 0.3 is 21.1 Å². The summed E-state index contributed by atoms with van der Waals surface area (Å²) in [7, 11) is -8.96. The van der Waals surface area contributed by atoms with Crippen LogP contribution in [0.15, 0.2) is 37.4 Å². The van der Waals surface area contributed by atoms with Crippen molar-refractivity contribution in [3.63, 3.8) is 0 Å². The van der Waals surface area contributed by atoms with E-state index in [-0.39, 0.29) is 0 Å². The fourth-order valence-corrected chi connectivity index (χ4v) is 1.45. The van der Waals surface area contributed by atoms with Crippen molar-refractivity contribution in [1.29, 1.82) is 0 Å². The van der Waals surface area contributed by atoms with Crippen LogP contribution in [-0.4, -0.2) is 57.9 Å². The Morgan fingerprint density at radius 2 is 1.39 bits per heavy atom. The van der Waals surface area contributed by atoms with Crippen molar-refractivity contribution in [3.05, 3.63) is 37.4 Å². The lowest BCUT2D eigenvalue weighted by atomic mass is 10.7. The Balaban J connectivity index is -0.000000385. The highest BCUT2D eigenvalue weighted by Gasteiger charge is 2.46. The molecule has 0 unspecified atom stereocenters. The molecule has 0 saturated heterocycles. The van der Waals surface area contributed by atoms with E-state index in [1.807, 2.05) is 28.6 Å². The van der Waals surface area contributed by atoms with Gasteiger partial charge in [0.15, 0.2) is 14.4 Å². The van der Waals surface area contributed by atoms with E-state index < -0.39 is 35.5 Å². The molecule has 2 aromatic heterocycles. The SMILES string of the molecule is CCn1cc[n+](C)c1.CCn1ccnc1.COS(=O)(=O)C(F)(F)F.ClC(Cl)Cl.O=S(=O)([O-])C(F)(F)F. The molecule has 36 heavy (non-hydrogen) atoms. The minimum absolute atomic E-state index is 0.447. The number of halogens is 9. The predicted octanol–water partition coefficient (Wildman–Crippen LogP) is 3.76. The fraction of sp³-hybridized carbons (Fsp3) is 0.600. The summed E-state index contributed by atoms with van der Waals surface area (Å²) in [5, 5.41) is 0. The number of hydrogen-bond donors (Lipinski definition) is 0. The molecule has 214 valence electrons. The van der Waals surface area contributed by atoms with Crippen LogP contribution in [-0.2, 0) is 44.6 Å². The Morgan fingerprint density at radius 3 is 1.50 bits per heavy atom. The molecule has 2 rings (SSSR count). The second kappa shape index (κ2) is 18.0. The maximum Gasteiger partial charge on any atom is 0.523 e. The molecule has 0 aliphatic heterocycles. The predicted molar refractivity (Wildman–Crippen MR) is 118 cm³/mol. The maximum absolute atomic E-state index is 11.1. The van der Waals surface area contributed by atoms with Gasteiger partial charge in [0.2, 0.25) is 6.33 Å². The number of nitrogens with zero attached hydrogens (tertiary/aromatic N) is 4. The first-order valence-corrected chi connectivity index (χ1v) is 13.0. The molecule has 0 radical (unpaired) electrons. The highest BCUT2D eigenvalue weighted by atomic mass is 35.6. The van der Waals surface area contributed by atoms with Crippen LogP contribution in [0.3, 0.4) is 0 Å². The van der Waals surface area contributed by atoms with E-state index in [4.69, 9.17) is 47.8 Å². The van der Waals surface area contributed by atoms with E-state index in [2.05, 4.69) is 40.1 Å². The molecular formula is C15H23Cl3F6N4O6S2. The highest BCUT2D eigenvalue weighted by molar-refractivity contribution is 7.87. The third kappa shape index (κ3) is 20.8. The van der Waals surface area contributed by atoms with Gasteiger partial charge < -0.3 is 9.12 Å². The number of rotatable bonds is 3. The first-order chi connectivity index (χ1) is 16.1. The Kier molecular flexibility index (Phi) is 19.6. The number of aryl methyl sites for hydroxylation is 3. The van der Waals surface area contributed by atoms with Gasteiger partial charge in [-0.2, -0.15) is 34.8 Å². The van der Waals surface area contributed by atoms with E-state index in [1.54, 1.807) is 12.5 Å². The molecule has 0 saturated carbocycles. The Morgan fingerprint density at radius 1 is 0.972 bits per heavy atom. The molecule has 0 amide bonds. The van der Waals surface area contributed by atoms with Crippen molar-refractivity contribution in [2.75, 3.05) is 7.11 Å². The smallest absolute Gasteiger partial charge is 0.523 e. The minimum Gasteiger partial charge on any atom is -0.741 e. The number of imidazole rings is 2. The van der Waals surface area contributed by atoms with Gasteiger partial charge in [-0.05, 0) is 13.8 Å². The van der Waals surface area contributed by atoms with Crippen LogP contribution in [0, 0.1) is 0 Å². The normalized spacial score (nSPS) is 11.5. The summed E-state index contributed by atoms with van der Waals surface area (Å²) >= 11 is 14.4. The lowest BCUT2D eigenvalue weighted by molar-refractivity contribution is -0.671. The number of alkyl halides is 9. The summed E-state index contributed by atoms with van der Waals surface area (Å²) in [6.45, 7) is 6.28. The average Bonchev–Trinajstić information content (AvgIpc) is 3.38. The molecule has 0 N–H and O–H groups in total. The van der Waals surface area contributed by atoms with Crippen LogP contribution in [0.5, 0.6) is 0 Å². The van der Waals surface area contributed by atoms with Crippen LogP contribution in [0.25, 0.3) is 0 Å². The van der Waals surface area contributed by atoms with Crippen molar-refractivity contribution in [2.45, 2.75) is 42.2 Å². The summed E-state index contributed by atoms with van der Waals surface area (Å²) in [4.78, 5) is 3.86. The van der Waals surface area contributed by atoms with E-state index >= 15 is 0 Å². The van der Waals surface area contributed by atoms with Crippen molar-refractivity contribution < 1.29 is 56.5 Å². The van der Waals surface area contributed by atoms with Crippen LogP contribution in [0.1, 0.15) is 13.8 Å². The standard InChI is InChI=1S/C6H11N2.C5H8N2.C2H3F3O3S.CHCl3.CHF3O3S/c1-3-8-5-4-7(2)6-8;1-2-7-4-3-6-5-7;1-8-9(6,7)2(3,4)5;2-1(3)4;2-1(3,4)8(5,6)7/h4-6H,3H2,1-2H3;3-5H,2H2,1H3;1H3;1H;(H,5,6,7)/q+1;;;;/p-1. The minimum atomic E-state index is -6.09. The molecule has 2 aromatic rings. The molecule has 0 aliphatic rings. The molecule has 21 heteroatoms. The summed E-state index contributed by atoms with van der Waals surface area (Å²) < 4.78 is 120. The molecule has 0 bridgehead atoms. The van der Waals surface area contributed by atoms with Gasteiger partial charge in [-0.3, -0.25) is 4.18 Å². The molecule has 0 fully saturated rings. The van der Waals surface area contributed by atoms with Gasteiger partial charge in [-0.1, -0.05) is 34.8 Å². The van der Waals surface area contributed by atoms with Crippen LogP contribution >= 0.6 is 34.8 Å². The zero-order chi connectivity index (χ0) is 29.4. The summed E-state index contributed by atoms with van der Waals surface area (Å²) in [5.74, 6) is 0. The third-order valence-corrected chi connectivity index (χ3v) is 4.47. The lowest BCUT2D eigenvalue weighted by Crippen LogP contribution is -2.23. The number of hydrogen-bond acceptors (Lipinski definition) is 7. The Labute approximate surface area is 219 Å². The van der Waals surface area contributed by atoms with E-state index in [9.17, 15) is 34.8 Å². The van der Waals surface area contributed by atoms with Crippen LogP contribution in [0.4, 0.5) is 26.3 Å². The fourth-order valence-electron chi connectivity index (χ4n) is 1.26. The van der Waals surface area contributed by atoms with Crippen LogP contribution in [0.2, 0.25) is 0 Å². The van der Waals surface area contributed by atoms with Gasteiger partial charge in [0.1, 0.15) is 12.4 Å². The second-order valence-electron chi connectivity index (χ2n) is 5.52. The molecular weight excluding hydrogens is 617 g/mol. The molecule has 0 aliphatic carbocycles. The molecule has 0 aromatic carbocycles. The zero-order valence-corrected chi connectivity index (χ0v) is 22.8. The maximum atomic E-state index is 11.1. The Bertz CT molecular complexity index is 1030.